The summed E-state index contributed by atoms with van der Waals surface area (Å²) in [7, 11) is 0. The summed E-state index contributed by atoms with van der Waals surface area (Å²) in [5, 5.41) is 9.59. The van der Waals surface area contributed by atoms with Crippen LogP contribution in [0.4, 0.5) is 0 Å². The van der Waals surface area contributed by atoms with Crippen molar-refractivity contribution in [1.29, 1.82) is 0 Å². The van der Waals surface area contributed by atoms with Gasteiger partial charge in [-0.2, -0.15) is 0 Å². The predicted octanol–water partition coefficient (Wildman–Crippen LogP) is -0.338. The van der Waals surface area contributed by atoms with Gasteiger partial charge in [0, 0.05) is 0 Å². The van der Waals surface area contributed by atoms with Crippen molar-refractivity contribution in [3.05, 3.63) is 12.2 Å². The molecule has 1 fully saturated rings. The van der Waals surface area contributed by atoms with Gasteiger partial charge in [-0.15, -0.1) is 6.42 Å². The normalized spacial score (nSPS) is 47.3. The van der Waals surface area contributed by atoms with E-state index in [1.54, 1.807) is 12.2 Å². The number of terminal acetylenes is 1. The van der Waals surface area contributed by atoms with E-state index in [0.29, 0.717) is 6.61 Å². The minimum Gasteiger partial charge on any atom is -0.370 e. The second-order valence-corrected chi connectivity index (χ2v) is 2.67. The maximum absolute atomic E-state index is 9.59. The average molecular weight is 152 g/mol. The zero-order chi connectivity index (χ0) is 7.90. The van der Waals surface area contributed by atoms with Gasteiger partial charge < -0.3 is 14.6 Å². The van der Waals surface area contributed by atoms with Gasteiger partial charge in [0.1, 0.15) is 6.10 Å². The molecule has 0 saturated carbocycles. The molecule has 2 rings (SSSR count). The van der Waals surface area contributed by atoms with Crippen molar-refractivity contribution >= 4 is 0 Å². The number of hydrogen-bond acceptors (Lipinski definition) is 3. The molecule has 3 heteroatoms. The van der Waals surface area contributed by atoms with Crippen LogP contribution in [0, 0.1) is 12.3 Å². The molecule has 2 heterocycles. The number of fused-ring (bicyclic) bond motifs is 2. The lowest BCUT2D eigenvalue weighted by atomic mass is 10.0. The molecule has 58 valence electrons. The van der Waals surface area contributed by atoms with Crippen molar-refractivity contribution in [1.82, 2.24) is 0 Å². The molecule has 1 saturated heterocycles. The van der Waals surface area contributed by atoms with Crippen LogP contribution in [-0.2, 0) is 9.47 Å². The van der Waals surface area contributed by atoms with Crippen molar-refractivity contribution in [2.75, 3.05) is 6.61 Å². The summed E-state index contributed by atoms with van der Waals surface area (Å²) in [5.74, 6) is 2.23. The zero-order valence-electron chi connectivity index (χ0n) is 5.86. The van der Waals surface area contributed by atoms with E-state index in [1.165, 1.54) is 0 Å². The van der Waals surface area contributed by atoms with Gasteiger partial charge in [0.05, 0.1) is 6.61 Å². The van der Waals surface area contributed by atoms with E-state index in [0.717, 1.165) is 0 Å². The highest BCUT2D eigenvalue weighted by molar-refractivity contribution is 5.25. The molecule has 0 unspecified atom stereocenters. The SMILES string of the molecule is C#C[C@@]1(O)C=C[C@@H]2CO[C@@H]1O2. The standard InChI is InChI=1S/C8H8O3/c1-2-8(9)4-3-6-5-10-7(8)11-6/h1,3-4,6-7,9H,5H2/t6-,7-,8-/m1/s1. The third-order valence-electron chi connectivity index (χ3n) is 1.87. The fourth-order valence-electron chi connectivity index (χ4n) is 1.20. The molecule has 0 amide bonds. The minimum atomic E-state index is -1.37. The summed E-state index contributed by atoms with van der Waals surface area (Å²) >= 11 is 0. The molecule has 0 aliphatic carbocycles. The Balaban J connectivity index is 2.33. The molecule has 0 aromatic rings. The lowest BCUT2D eigenvalue weighted by Gasteiger charge is -2.26. The third-order valence-corrected chi connectivity index (χ3v) is 1.87. The van der Waals surface area contributed by atoms with E-state index >= 15 is 0 Å². The first kappa shape index (κ1) is 6.86. The first-order chi connectivity index (χ1) is 5.24. The average Bonchev–Trinajstić information content (AvgIpc) is 2.44. The van der Waals surface area contributed by atoms with Gasteiger partial charge in [-0.25, -0.2) is 0 Å². The second-order valence-electron chi connectivity index (χ2n) is 2.67. The molecular weight excluding hydrogens is 144 g/mol. The second kappa shape index (κ2) is 2.08. The molecule has 2 aliphatic heterocycles. The Kier molecular flexibility index (Phi) is 1.30. The van der Waals surface area contributed by atoms with Gasteiger partial charge in [-0.1, -0.05) is 12.0 Å². The quantitative estimate of drug-likeness (QED) is 0.381. The van der Waals surface area contributed by atoms with Crippen molar-refractivity contribution in [2.24, 2.45) is 0 Å². The fourth-order valence-corrected chi connectivity index (χ4v) is 1.20. The Hall–Kier alpha value is -0.820. The highest BCUT2D eigenvalue weighted by Gasteiger charge is 2.43. The minimum absolute atomic E-state index is 0.0337. The van der Waals surface area contributed by atoms with Crippen molar-refractivity contribution < 1.29 is 14.6 Å². The van der Waals surface area contributed by atoms with Crippen LogP contribution in [0.5, 0.6) is 0 Å². The van der Waals surface area contributed by atoms with Crippen molar-refractivity contribution in [3.8, 4) is 12.3 Å². The number of aliphatic hydroxyl groups is 1. The van der Waals surface area contributed by atoms with Crippen molar-refractivity contribution in [3.63, 3.8) is 0 Å². The Morgan fingerprint density at radius 2 is 2.55 bits per heavy atom. The highest BCUT2D eigenvalue weighted by atomic mass is 16.7. The summed E-state index contributed by atoms with van der Waals surface area (Å²) in [6, 6.07) is 0. The molecule has 1 N–H and O–H groups in total. The Labute approximate surface area is 64.6 Å². The van der Waals surface area contributed by atoms with Crippen LogP contribution in [0.1, 0.15) is 0 Å². The van der Waals surface area contributed by atoms with E-state index in [1.807, 2.05) is 0 Å². The van der Waals surface area contributed by atoms with Crippen LogP contribution in [0.15, 0.2) is 12.2 Å². The fraction of sp³-hybridized carbons (Fsp3) is 0.500. The smallest absolute Gasteiger partial charge is 0.202 e. The molecule has 0 aromatic heterocycles. The molecule has 0 spiro atoms. The Morgan fingerprint density at radius 3 is 3.27 bits per heavy atom. The number of rotatable bonds is 0. The van der Waals surface area contributed by atoms with Gasteiger partial charge in [-0.05, 0) is 6.08 Å². The van der Waals surface area contributed by atoms with E-state index in [-0.39, 0.29) is 6.10 Å². The van der Waals surface area contributed by atoms with Gasteiger partial charge >= 0.3 is 0 Å². The zero-order valence-corrected chi connectivity index (χ0v) is 5.86. The summed E-state index contributed by atoms with van der Waals surface area (Å²) in [5.41, 5.74) is -1.37. The van der Waals surface area contributed by atoms with Crippen LogP contribution in [0.2, 0.25) is 0 Å². The molecule has 3 nitrogen and oxygen atoms in total. The predicted molar refractivity (Wildman–Crippen MR) is 37.5 cm³/mol. The lowest BCUT2D eigenvalue weighted by molar-refractivity contribution is -0.144. The summed E-state index contributed by atoms with van der Waals surface area (Å²) in [6.07, 6.45) is 7.68. The van der Waals surface area contributed by atoms with Crippen LogP contribution in [-0.4, -0.2) is 29.7 Å². The molecule has 3 atom stereocenters. The van der Waals surface area contributed by atoms with Crippen LogP contribution < -0.4 is 0 Å². The topological polar surface area (TPSA) is 38.7 Å². The Bertz CT molecular complexity index is 240. The maximum atomic E-state index is 9.59. The molecule has 11 heavy (non-hydrogen) atoms. The first-order valence-corrected chi connectivity index (χ1v) is 3.41. The molecule has 2 bridgehead atoms. The maximum Gasteiger partial charge on any atom is 0.202 e. The van der Waals surface area contributed by atoms with Gasteiger partial charge in [0.15, 0.2) is 5.60 Å². The Morgan fingerprint density at radius 1 is 1.73 bits per heavy atom. The third kappa shape index (κ3) is 0.881. The van der Waals surface area contributed by atoms with Gasteiger partial charge in [-0.3, -0.25) is 0 Å². The van der Waals surface area contributed by atoms with Crippen LogP contribution in [0.25, 0.3) is 0 Å². The summed E-state index contributed by atoms with van der Waals surface area (Å²) in [4.78, 5) is 0. The summed E-state index contributed by atoms with van der Waals surface area (Å²) < 4.78 is 10.3. The van der Waals surface area contributed by atoms with Crippen LogP contribution in [0.3, 0.4) is 0 Å². The van der Waals surface area contributed by atoms with Gasteiger partial charge in [0.25, 0.3) is 0 Å². The largest absolute Gasteiger partial charge is 0.370 e. The molecule has 0 radical (unpaired) electrons. The number of hydrogen-bond donors (Lipinski definition) is 1. The van der Waals surface area contributed by atoms with Crippen molar-refractivity contribution in [2.45, 2.75) is 18.0 Å². The molecule has 2 aliphatic rings. The molecule has 0 aromatic carbocycles. The van der Waals surface area contributed by atoms with Crippen LogP contribution >= 0.6 is 0 Å². The van der Waals surface area contributed by atoms with Gasteiger partial charge in [0.2, 0.25) is 6.29 Å². The summed E-state index contributed by atoms with van der Waals surface area (Å²) in [6.45, 7) is 0.477. The molecular formula is C8H8O3. The van der Waals surface area contributed by atoms with E-state index in [9.17, 15) is 5.11 Å². The van der Waals surface area contributed by atoms with E-state index in [4.69, 9.17) is 15.9 Å². The van der Waals surface area contributed by atoms with E-state index < -0.39 is 11.9 Å². The number of ether oxygens (including phenoxy) is 2. The highest BCUT2D eigenvalue weighted by Crippen LogP contribution is 2.28. The lowest BCUT2D eigenvalue weighted by Crippen LogP contribution is -2.42. The monoisotopic (exact) mass is 152 g/mol. The first-order valence-electron chi connectivity index (χ1n) is 3.41. The van der Waals surface area contributed by atoms with E-state index in [2.05, 4.69) is 5.92 Å².